The molecular formula is C15H11ClN4. The third-order valence-electron chi connectivity index (χ3n) is 3.23. The van der Waals surface area contributed by atoms with Gasteiger partial charge in [-0.15, -0.1) is 0 Å². The summed E-state index contributed by atoms with van der Waals surface area (Å²) in [5.74, 6) is 0.341. The number of hydrogen-bond donors (Lipinski definition) is 1. The van der Waals surface area contributed by atoms with Crippen molar-refractivity contribution in [3.05, 3.63) is 52.5 Å². The Hall–Kier alpha value is -2.51. The molecule has 3 rings (SSSR count). The Morgan fingerprint density at radius 1 is 1.30 bits per heavy atom. The monoisotopic (exact) mass is 282 g/mol. The van der Waals surface area contributed by atoms with E-state index in [1.165, 1.54) is 0 Å². The van der Waals surface area contributed by atoms with Gasteiger partial charge in [0.15, 0.2) is 0 Å². The van der Waals surface area contributed by atoms with Crippen molar-refractivity contribution in [2.24, 2.45) is 0 Å². The summed E-state index contributed by atoms with van der Waals surface area (Å²) in [6.07, 6.45) is 0. The zero-order chi connectivity index (χ0) is 14.3. The van der Waals surface area contributed by atoms with E-state index in [-0.39, 0.29) is 0 Å². The van der Waals surface area contributed by atoms with E-state index in [2.05, 4.69) is 11.1 Å². The minimum atomic E-state index is 0.341. The molecule has 1 heterocycles. The van der Waals surface area contributed by atoms with E-state index >= 15 is 0 Å². The number of benzene rings is 2. The smallest absolute Gasteiger partial charge is 0.205 e. The Kier molecular flexibility index (Phi) is 2.85. The van der Waals surface area contributed by atoms with Crippen LogP contribution in [0.1, 0.15) is 11.1 Å². The lowest BCUT2D eigenvalue weighted by Gasteiger charge is -2.09. The Morgan fingerprint density at radius 3 is 2.85 bits per heavy atom. The van der Waals surface area contributed by atoms with Crippen LogP contribution in [0.3, 0.4) is 0 Å². The van der Waals surface area contributed by atoms with Crippen LogP contribution in [0.2, 0.25) is 5.02 Å². The van der Waals surface area contributed by atoms with Crippen molar-refractivity contribution in [2.75, 3.05) is 5.73 Å². The zero-order valence-electron chi connectivity index (χ0n) is 10.8. The number of hydrogen-bond acceptors (Lipinski definition) is 3. The summed E-state index contributed by atoms with van der Waals surface area (Å²) in [6.45, 7) is 1.97. The second kappa shape index (κ2) is 4.55. The van der Waals surface area contributed by atoms with Gasteiger partial charge in [-0.2, -0.15) is 5.26 Å². The molecule has 0 aliphatic rings. The van der Waals surface area contributed by atoms with Crippen LogP contribution in [-0.2, 0) is 0 Å². The molecule has 3 aromatic rings. The second-order valence-corrected chi connectivity index (χ2v) is 4.96. The van der Waals surface area contributed by atoms with E-state index in [1.54, 1.807) is 22.8 Å². The SMILES string of the molecule is Cc1cccc2c1nc(N)n2-c1cc(Cl)ccc1C#N. The fraction of sp³-hybridized carbons (Fsp3) is 0.0667. The van der Waals surface area contributed by atoms with Crippen LogP contribution in [0.25, 0.3) is 16.7 Å². The van der Waals surface area contributed by atoms with Crippen LogP contribution in [0.15, 0.2) is 36.4 Å². The number of aromatic nitrogens is 2. The molecule has 0 saturated carbocycles. The lowest BCUT2D eigenvalue weighted by molar-refractivity contribution is 1.10. The van der Waals surface area contributed by atoms with Gasteiger partial charge in [0.2, 0.25) is 5.95 Å². The Bertz CT molecular complexity index is 858. The van der Waals surface area contributed by atoms with Crippen molar-refractivity contribution in [1.82, 2.24) is 9.55 Å². The number of nitrogens with zero attached hydrogens (tertiary/aromatic N) is 3. The first-order valence-corrected chi connectivity index (χ1v) is 6.43. The molecule has 2 N–H and O–H groups in total. The molecule has 0 atom stereocenters. The molecule has 2 aromatic carbocycles. The summed E-state index contributed by atoms with van der Waals surface area (Å²) in [4.78, 5) is 4.38. The average Bonchev–Trinajstić information content (AvgIpc) is 2.76. The lowest BCUT2D eigenvalue weighted by Crippen LogP contribution is -2.02. The maximum Gasteiger partial charge on any atom is 0.205 e. The minimum absolute atomic E-state index is 0.341. The maximum absolute atomic E-state index is 9.26. The highest BCUT2D eigenvalue weighted by molar-refractivity contribution is 6.30. The van der Waals surface area contributed by atoms with Crippen molar-refractivity contribution < 1.29 is 0 Å². The van der Waals surface area contributed by atoms with Gasteiger partial charge in [0.05, 0.1) is 22.3 Å². The fourth-order valence-electron chi connectivity index (χ4n) is 2.29. The van der Waals surface area contributed by atoms with Gasteiger partial charge in [0, 0.05) is 5.02 Å². The molecule has 98 valence electrons. The van der Waals surface area contributed by atoms with Crippen molar-refractivity contribution in [3.8, 4) is 11.8 Å². The van der Waals surface area contributed by atoms with Crippen molar-refractivity contribution in [3.63, 3.8) is 0 Å². The molecule has 0 bridgehead atoms. The normalized spacial score (nSPS) is 10.7. The molecule has 1 aromatic heterocycles. The highest BCUT2D eigenvalue weighted by Gasteiger charge is 2.14. The molecule has 20 heavy (non-hydrogen) atoms. The van der Waals surface area contributed by atoms with E-state index in [4.69, 9.17) is 17.3 Å². The first-order chi connectivity index (χ1) is 9.61. The third kappa shape index (κ3) is 1.80. The maximum atomic E-state index is 9.26. The lowest BCUT2D eigenvalue weighted by atomic mass is 10.1. The topological polar surface area (TPSA) is 67.6 Å². The Labute approximate surface area is 121 Å². The van der Waals surface area contributed by atoms with Gasteiger partial charge in [0.1, 0.15) is 6.07 Å². The molecule has 0 fully saturated rings. The van der Waals surface area contributed by atoms with Gasteiger partial charge in [-0.1, -0.05) is 23.7 Å². The predicted octanol–water partition coefficient (Wildman–Crippen LogP) is 3.44. The number of halogens is 1. The second-order valence-electron chi connectivity index (χ2n) is 4.52. The van der Waals surface area contributed by atoms with Crippen molar-refractivity contribution in [2.45, 2.75) is 6.92 Å². The third-order valence-corrected chi connectivity index (χ3v) is 3.47. The van der Waals surface area contributed by atoms with Gasteiger partial charge in [-0.3, -0.25) is 4.57 Å². The molecule has 0 aliphatic heterocycles. The molecule has 0 saturated heterocycles. The molecule has 0 aliphatic carbocycles. The molecule has 0 unspecified atom stereocenters. The number of fused-ring (bicyclic) bond motifs is 1. The largest absolute Gasteiger partial charge is 0.369 e. The van der Waals surface area contributed by atoms with Crippen molar-refractivity contribution in [1.29, 1.82) is 5.26 Å². The summed E-state index contributed by atoms with van der Waals surface area (Å²) in [6, 6.07) is 13.1. The standard InChI is InChI=1S/C15H11ClN4/c1-9-3-2-4-12-14(9)19-15(18)20(12)13-7-11(16)6-5-10(13)8-17/h2-7H,1H3,(H2,18,19). The predicted molar refractivity (Wildman–Crippen MR) is 79.9 cm³/mol. The average molecular weight is 283 g/mol. The van der Waals surface area contributed by atoms with E-state index in [9.17, 15) is 5.26 Å². The summed E-state index contributed by atoms with van der Waals surface area (Å²) < 4.78 is 1.76. The minimum Gasteiger partial charge on any atom is -0.369 e. The Balaban J connectivity index is 2.42. The highest BCUT2D eigenvalue weighted by atomic mass is 35.5. The molecular weight excluding hydrogens is 272 g/mol. The number of imidazole rings is 1. The van der Waals surface area contributed by atoms with E-state index in [0.29, 0.717) is 22.2 Å². The van der Waals surface area contributed by atoms with Gasteiger partial charge in [-0.25, -0.2) is 4.98 Å². The van der Waals surface area contributed by atoms with Crippen molar-refractivity contribution >= 4 is 28.6 Å². The molecule has 0 amide bonds. The number of rotatable bonds is 1. The van der Waals surface area contributed by atoms with Crippen LogP contribution in [0, 0.1) is 18.3 Å². The number of para-hydroxylation sites is 1. The molecule has 4 nitrogen and oxygen atoms in total. The first-order valence-electron chi connectivity index (χ1n) is 6.05. The summed E-state index contributed by atoms with van der Waals surface area (Å²) in [7, 11) is 0. The summed E-state index contributed by atoms with van der Waals surface area (Å²) in [5, 5.41) is 9.81. The number of anilines is 1. The first kappa shape index (κ1) is 12.5. The number of aryl methyl sites for hydroxylation is 1. The summed E-state index contributed by atoms with van der Waals surface area (Å²) in [5.41, 5.74) is 9.90. The van der Waals surface area contributed by atoms with Gasteiger partial charge in [-0.05, 0) is 36.8 Å². The molecule has 0 radical (unpaired) electrons. The summed E-state index contributed by atoms with van der Waals surface area (Å²) >= 11 is 6.04. The van der Waals surface area contributed by atoms with Crippen LogP contribution < -0.4 is 5.73 Å². The van der Waals surface area contributed by atoms with Gasteiger partial charge in [0.25, 0.3) is 0 Å². The zero-order valence-corrected chi connectivity index (χ0v) is 11.5. The van der Waals surface area contributed by atoms with Gasteiger partial charge >= 0.3 is 0 Å². The quantitative estimate of drug-likeness (QED) is 0.743. The van der Waals surface area contributed by atoms with E-state index in [0.717, 1.165) is 16.6 Å². The van der Waals surface area contributed by atoms with Crippen LogP contribution in [-0.4, -0.2) is 9.55 Å². The van der Waals surface area contributed by atoms with Gasteiger partial charge < -0.3 is 5.73 Å². The van der Waals surface area contributed by atoms with Crippen LogP contribution in [0.4, 0.5) is 5.95 Å². The molecule has 0 spiro atoms. The van der Waals surface area contributed by atoms with E-state index in [1.807, 2.05) is 25.1 Å². The van der Waals surface area contributed by atoms with Crippen LogP contribution >= 0.6 is 11.6 Å². The van der Waals surface area contributed by atoms with Crippen LogP contribution in [0.5, 0.6) is 0 Å². The Morgan fingerprint density at radius 2 is 2.10 bits per heavy atom. The highest BCUT2D eigenvalue weighted by Crippen LogP contribution is 2.28. The van der Waals surface area contributed by atoms with E-state index < -0.39 is 0 Å². The number of nitriles is 1. The number of nitrogen functional groups attached to an aromatic ring is 1. The number of nitrogens with two attached hydrogens (primary N) is 1. The molecule has 5 heteroatoms. The fourth-order valence-corrected chi connectivity index (χ4v) is 2.46.